The van der Waals surface area contributed by atoms with E-state index in [9.17, 15) is 0 Å². The third-order valence-corrected chi connectivity index (χ3v) is 5.87. The summed E-state index contributed by atoms with van der Waals surface area (Å²) in [5.41, 5.74) is 4.56. The van der Waals surface area contributed by atoms with E-state index >= 15 is 0 Å². The molecule has 0 amide bonds. The smallest absolute Gasteiger partial charge is 0.181 e. The molecule has 5 rings (SSSR count). The number of nitrogens with zero attached hydrogens (tertiary/aromatic N) is 5. The van der Waals surface area contributed by atoms with Crippen LogP contribution in [-0.2, 0) is 13.6 Å². The van der Waals surface area contributed by atoms with E-state index in [2.05, 4.69) is 51.8 Å². The minimum absolute atomic E-state index is 0.565. The van der Waals surface area contributed by atoms with E-state index < -0.39 is 0 Å². The standard InChI is InChI=1S/C19H22BrN5/c1-3-8-25-10-13-9-14(15(11-4-5-11)21-18(13)23-25)19-22-17(20)16(24(19)2)12-6-7-12/h9-12H,3-8H2,1-2H3. The van der Waals surface area contributed by atoms with E-state index in [1.165, 1.54) is 42.6 Å². The maximum Gasteiger partial charge on any atom is 0.181 e. The van der Waals surface area contributed by atoms with Crippen LogP contribution in [0.3, 0.4) is 0 Å². The van der Waals surface area contributed by atoms with Gasteiger partial charge in [0.05, 0.1) is 11.4 Å². The molecule has 2 aliphatic rings. The summed E-state index contributed by atoms with van der Waals surface area (Å²) in [6.45, 7) is 3.11. The average Bonchev–Trinajstić information content (AvgIpc) is 3.50. The van der Waals surface area contributed by atoms with Crippen molar-refractivity contribution >= 4 is 27.0 Å². The van der Waals surface area contributed by atoms with Crippen LogP contribution in [0.4, 0.5) is 0 Å². The maximum absolute atomic E-state index is 4.96. The summed E-state index contributed by atoms with van der Waals surface area (Å²) >= 11 is 3.69. The van der Waals surface area contributed by atoms with E-state index in [4.69, 9.17) is 9.97 Å². The first kappa shape index (κ1) is 15.6. The molecule has 0 unspecified atom stereocenters. The molecule has 2 fully saturated rings. The molecule has 0 aliphatic heterocycles. The molecule has 130 valence electrons. The minimum Gasteiger partial charge on any atom is -0.330 e. The van der Waals surface area contributed by atoms with Gasteiger partial charge in [-0.3, -0.25) is 4.68 Å². The largest absolute Gasteiger partial charge is 0.330 e. The molecule has 6 heteroatoms. The lowest BCUT2D eigenvalue weighted by molar-refractivity contribution is 0.607. The van der Waals surface area contributed by atoms with Crippen molar-refractivity contribution < 1.29 is 0 Å². The Hall–Kier alpha value is -1.69. The second-order valence-corrected chi connectivity index (χ2v) is 8.20. The Morgan fingerprint density at radius 3 is 2.60 bits per heavy atom. The van der Waals surface area contributed by atoms with Gasteiger partial charge in [-0.25, -0.2) is 9.97 Å². The monoisotopic (exact) mass is 399 g/mol. The van der Waals surface area contributed by atoms with Gasteiger partial charge in [0.25, 0.3) is 0 Å². The lowest BCUT2D eigenvalue weighted by atomic mass is 10.1. The molecule has 0 spiro atoms. The zero-order chi connectivity index (χ0) is 17.1. The van der Waals surface area contributed by atoms with Gasteiger partial charge in [-0.05, 0) is 54.1 Å². The van der Waals surface area contributed by atoms with Crippen LogP contribution in [0.15, 0.2) is 16.9 Å². The second-order valence-electron chi connectivity index (χ2n) is 7.45. The molecular formula is C19H22BrN5. The van der Waals surface area contributed by atoms with E-state index in [1.807, 2.05) is 4.68 Å². The number of imidazole rings is 1. The highest BCUT2D eigenvalue weighted by Gasteiger charge is 2.34. The van der Waals surface area contributed by atoms with Gasteiger partial charge >= 0.3 is 0 Å². The molecule has 5 nitrogen and oxygen atoms in total. The third-order valence-electron chi connectivity index (χ3n) is 5.29. The van der Waals surface area contributed by atoms with Gasteiger partial charge in [0.1, 0.15) is 10.4 Å². The molecule has 0 radical (unpaired) electrons. The van der Waals surface area contributed by atoms with Crippen molar-refractivity contribution in [3.05, 3.63) is 28.3 Å². The molecule has 0 saturated heterocycles. The topological polar surface area (TPSA) is 48.5 Å². The number of fused-ring (bicyclic) bond motifs is 1. The van der Waals surface area contributed by atoms with Crippen molar-refractivity contribution in [2.24, 2.45) is 7.05 Å². The molecule has 0 aromatic carbocycles. The van der Waals surface area contributed by atoms with E-state index in [-0.39, 0.29) is 0 Å². The van der Waals surface area contributed by atoms with Gasteiger partial charge in [-0.1, -0.05) is 6.92 Å². The first-order chi connectivity index (χ1) is 12.2. The highest BCUT2D eigenvalue weighted by atomic mass is 79.9. The molecule has 0 N–H and O–H groups in total. The number of halogens is 1. The fourth-order valence-corrected chi connectivity index (χ4v) is 4.49. The van der Waals surface area contributed by atoms with Gasteiger partial charge in [-0.15, -0.1) is 0 Å². The minimum atomic E-state index is 0.565. The lowest BCUT2D eigenvalue weighted by Gasteiger charge is -2.09. The van der Waals surface area contributed by atoms with Gasteiger partial charge in [0.15, 0.2) is 5.65 Å². The fourth-order valence-electron chi connectivity index (χ4n) is 3.73. The van der Waals surface area contributed by atoms with Gasteiger partial charge in [-0.2, -0.15) is 5.10 Å². The summed E-state index contributed by atoms with van der Waals surface area (Å²) < 4.78 is 5.28. The van der Waals surface area contributed by atoms with Crippen molar-refractivity contribution in [3.63, 3.8) is 0 Å². The van der Waals surface area contributed by atoms with Gasteiger partial charge < -0.3 is 4.57 Å². The number of aromatic nitrogens is 5. The molecule has 3 aromatic heterocycles. The molecule has 0 atom stereocenters. The van der Waals surface area contributed by atoms with Crippen LogP contribution < -0.4 is 0 Å². The van der Waals surface area contributed by atoms with Crippen molar-refractivity contribution in [3.8, 4) is 11.4 Å². The molecular weight excluding hydrogens is 378 g/mol. The lowest BCUT2D eigenvalue weighted by Crippen LogP contribution is -2.01. The van der Waals surface area contributed by atoms with E-state index in [1.54, 1.807) is 0 Å². The number of hydrogen-bond donors (Lipinski definition) is 0. The zero-order valence-electron chi connectivity index (χ0n) is 14.7. The Bertz CT molecular complexity index is 962. The predicted octanol–water partition coefficient (Wildman–Crippen LogP) is 4.76. The summed E-state index contributed by atoms with van der Waals surface area (Å²) in [4.78, 5) is 9.83. The molecule has 25 heavy (non-hydrogen) atoms. The molecule has 0 bridgehead atoms. The van der Waals surface area contributed by atoms with Crippen LogP contribution in [0.2, 0.25) is 0 Å². The summed E-state index contributed by atoms with van der Waals surface area (Å²) in [6.07, 6.45) is 8.19. The normalized spacial score (nSPS) is 17.6. The Labute approximate surface area is 155 Å². The van der Waals surface area contributed by atoms with Crippen LogP contribution in [0.5, 0.6) is 0 Å². The molecule has 3 aromatic rings. The van der Waals surface area contributed by atoms with Crippen molar-refractivity contribution in [2.75, 3.05) is 0 Å². The number of hydrogen-bond acceptors (Lipinski definition) is 3. The number of rotatable bonds is 5. The van der Waals surface area contributed by atoms with Crippen LogP contribution in [0.1, 0.15) is 62.3 Å². The van der Waals surface area contributed by atoms with Crippen molar-refractivity contribution in [1.29, 1.82) is 0 Å². The predicted molar refractivity (Wildman–Crippen MR) is 102 cm³/mol. The average molecular weight is 400 g/mol. The summed E-state index contributed by atoms with van der Waals surface area (Å²) in [6, 6.07) is 2.25. The van der Waals surface area contributed by atoms with Crippen LogP contribution in [0, 0.1) is 0 Å². The quantitative estimate of drug-likeness (QED) is 0.621. The third kappa shape index (κ3) is 2.62. The van der Waals surface area contributed by atoms with Crippen LogP contribution >= 0.6 is 15.9 Å². The zero-order valence-corrected chi connectivity index (χ0v) is 16.3. The maximum atomic E-state index is 4.96. The van der Waals surface area contributed by atoms with E-state index in [0.717, 1.165) is 34.4 Å². The number of pyridine rings is 1. The highest BCUT2D eigenvalue weighted by Crippen LogP contribution is 2.47. The Kier molecular flexibility index (Phi) is 3.52. The highest BCUT2D eigenvalue weighted by molar-refractivity contribution is 9.10. The summed E-state index contributed by atoms with van der Waals surface area (Å²) in [5, 5.41) is 5.77. The van der Waals surface area contributed by atoms with Gasteiger partial charge in [0, 0.05) is 42.6 Å². The number of aryl methyl sites for hydroxylation is 1. The summed E-state index contributed by atoms with van der Waals surface area (Å²) in [7, 11) is 2.14. The Morgan fingerprint density at radius 1 is 1.16 bits per heavy atom. The Balaban J connectivity index is 1.69. The second kappa shape index (κ2) is 5.66. The van der Waals surface area contributed by atoms with Crippen LogP contribution in [0.25, 0.3) is 22.4 Å². The van der Waals surface area contributed by atoms with Gasteiger partial charge in [0.2, 0.25) is 0 Å². The molecule has 2 saturated carbocycles. The van der Waals surface area contributed by atoms with Crippen molar-refractivity contribution in [2.45, 2.75) is 57.4 Å². The molecule has 3 heterocycles. The van der Waals surface area contributed by atoms with Crippen LogP contribution in [-0.4, -0.2) is 24.3 Å². The van der Waals surface area contributed by atoms with Crippen molar-refractivity contribution in [1.82, 2.24) is 24.3 Å². The van der Waals surface area contributed by atoms with E-state index in [0.29, 0.717) is 11.8 Å². The molecule has 2 aliphatic carbocycles. The fraction of sp³-hybridized carbons (Fsp3) is 0.526. The first-order valence-electron chi connectivity index (χ1n) is 9.26. The Morgan fingerprint density at radius 2 is 1.92 bits per heavy atom. The summed E-state index contributed by atoms with van der Waals surface area (Å²) in [5.74, 6) is 2.26. The first-order valence-corrected chi connectivity index (χ1v) is 10.1. The SMILES string of the molecule is CCCn1cc2cc(-c3nc(Br)c(C4CC4)n3C)c(C3CC3)nc2n1.